The minimum Gasteiger partial charge on any atom is -0.392 e. The average Bonchev–Trinajstić information content (AvgIpc) is 2.61. The number of nitrogens with zero attached hydrogens (tertiary/aromatic N) is 1. The molecular formula is C13H24N2O2S. The van der Waals surface area contributed by atoms with Gasteiger partial charge in [-0.15, -0.1) is 0 Å². The van der Waals surface area contributed by atoms with Crippen molar-refractivity contribution >= 4 is 23.1 Å². The molecule has 1 fully saturated rings. The van der Waals surface area contributed by atoms with E-state index in [-0.39, 0.29) is 17.0 Å². The lowest BCUT2D eigenvalue weighted by Gasteiger charge is -2.33. The zero-order valence-electron chi connectivity index (χ0n) is 11.6. The molecule has 4 nitrogen and oxygen atoms in total. The van der Waals surface area contributed by atoms with E-state index in [9.17, 15) is 4.79 Å². The second kappa shape index (κ2) is 6.48. The van der Waals surface area contributed by atoms with Gasteiger partial charge in [-0.25, -0.2) is 0 Å². The highest BCUT2D eigenvalue weighted by molar-refractivity contribution is 7.80. The number of amides is 1. The van der Waals surface area contributed by atoms with Gasteiger partial charge in [0.1, 0.15) is 0 Å². The van der Waals surface area contributed by atoms with E-state index in [0.717, 1.165) is 26.0 Å². The van der Waals surface area contributed by atoms with Gasteiger partial charge in [-0.3, -0.25) is 4.79 Å². The van der Waals surface area contributed by atoms with Crippen molar-refractivity contribution in [3.05, 3.63) is 0 Å². The monoisotopic (exact) mass is 272 g/mol. The Morgan fingerprint density at radius 3 is 2.72 bits per heavy atom. The van der Waals surface area contributed by atoms with Gasteiger partial charge in [0.2, 0.25) is 5.91 Å². The third kappa shape index (κ3) is 3.20. The summed E-state index contributed by atoms with van der Waals surface area (Å²) in [5.41, 5.74) is 5.02. The molecule has 5 heteroatoms. The summed E-state index contributed by atoms with van der Waals surface area (Å²) < 4.78 is 5.68. The summed E-state index contributed by atoms with van der Waals surface area (Å²) >= 11 is 5.07. The Kier molecular flexibility index (Phi) is 5.53. The Labute approximate surface area is 115 Å². The van der Waals surface area contributed by atoms with Crippen LogP contribution in [0.2, 0.25) is 0 Å². The van der Waals surface area contributed by atoms with Gasteiger partial charge >= 0.3 is 0 Å². The number of carbonyl (C=O) groups excluding carboxylic acids is 1. The lowest BCUT2D eigenvalue weighted by Crippen LogP contribution is -2.50. The molecular weight excluding hydrogens is 248 g/mol. The summed E-state index contributed by atoms with van der Waals surface area (Å²) in [6, 6.07) is 0. The van der Waals surface area contributed by atoms with Crippen LogP contribution >= 0.6 is 12.2 Å². The first-order valence-electron chi connectivity index (χ1n) is 6.66. The summed E-state index contributed by atoms with van der Waals surface area (Å²) in [5.74, 6) is 0.0430. The zero-order chi connectivity index (χ0) is 13.8. The van der Waals surface area contributed by atoms with Crippen molar-refractivity contribution in [1.29, 1.82) is 0 Å². The highest BCUT2D eigenvalue weighted by atomic mass is 32.1. The number of ether oxygens (including phenoxy) is 1. The van der Waals surface area contributed by atoms with Crippen LogP contribution in [0.25, 0.3) is 0 Å². The molecule has 104 valence electrons. The van der Waals surface area contributed by atoms with E-state index in [0.29, 0.717) is 13.0 Å². The molecule has 1 aliphatic heterocycles. The van der Waals surface area contributed by atoms with Gasteiger partial charge in [0.25, 0.3) is 0 Å². The highest BCUT2D eigenvalue weighted by Gasteiger charge is 2.38. The maximum absolute atomic E-state index is 12.6. The van der Waals surface area contributed by atoms with Crippen LogP contribution in [0.1, 0.15) is 40.0 Å². The number of rotatable bonds is 4. The van der Waals surface area contributed by atoms with E-state index in [1.807, 2.05) is 18.7 Å². The van der Waals surface area contributed by atoms with Crippen molar-refractivity contribution in [3.63, 3.8) is 0 Å². The quantitative estimate of drug-likeness (QED) is 0.792. The summed E-state index contributed by atoms with van der Waals surface area (Å²) in [7, 11) is 0. The molecule has 1 heterocycles. The number of thiocarbonyl (C=S) groups is 1. The molecule has 2 unspecified atom stereocenters. The maximum atomic E-state index is 12.6. The van der Waals surface area contributed by atoms with Crippen molar-refractivity contribution in [2.75, 3.05) is 19.7 Å². The molecule has 18 heavy (non-hydrogen) atoms. The van der Waals surface area contributed by atoms with Crippen LogP contribution in [0, 0.1) is 5.41 Å². The summed E-state index contributed by atoms with van der Waals surface area (Å²) in [5, 5.41) is 0. The first-order chi connectivity index (χ1) is 8.45. The fourth-order valence-corrected chi connectivity index (χ4v) is 2.34. The van der Waals surface area contributed by atoms with Crippen molar-refractivity contribution in [2.24, 2.45) is 11.1 Å². The fraction of sp³-hybridized carbons (Fsp3) is 0.846. The Balaban J connectivity index is 2.83. The van der Waals surface area contributed by atoms with E-state index in [4.69, 9.17) is 22.7 Å². The molecule has 0 aromatic carbocycles. The SMILES string of the molecule is CCC1CN(C(=O)C(C)(CC)C(N)=S)CCCO1. The number of hydrogen-bond acceptors (Lipinski definition) is 3. The normalized spacial score (nSPS) is 24.2. The third-order valence-corrected chi connectivity index (χ3v) is 4.27. The van der Waals surface area contributed by atoms with Crippen LogP contribution in [-0.2, 0) is 9.53 Å². The molecule has 1 aliphatic rings. The molecule has 0 bridgehead atoms. The van der Waals surface area contributed by atoms with Crippen LogP contribution in [0.5, 0.6) is 0 Å². The van der Waals surface area contributed by atoms with Gasteiger partial charge in [-0.1, -0.05) is 26.1 Å². The minimum absolute atomic E-state index is 0.0430. The summed E-state index contributed by atoms with van der Waals surface area (Å²) in [4.78, 5) is 14.8. The standard InChI is InChI=1S/C13H24N2O2S/c1-4-10-9-15(7-6-8-17-10)12(16)13(3,5-2)11(14)18/h10H,4-9H2,1-3H3,(H2,14,18). The first kappa shape index (κ1) is 15.4. The largest absolute Gasteiger partial charge is 0.392 e. The van der Waals surface area contributed by atoms with E-state index < -0.39 is 5.41 Å². The molecule has 0 aromatic rings. The first-order valence-corrected chi connectivity index (χ1v) is 7.07. The van der Waals surface area contributed by atoms with Gasteiger partial charge in [-0.05, 0) is 26.2 Å². The summed E-state index contributed by atoms with van der Waals surface area (Å²) in [6.45, 7) is 7.96. The maximum Gasteiger partial charge on any atom is 0.235 e. The lowest BCUT2D eigenvalue weighted by atomic mass is 9.85. The van der Waals surface area contributed by atoms with E-state index >= 15 is 0 Å². The van der Waals surface area contributed by atoms with Crippen molar-refractivity contribution in [2.45, 2.75) is 46.1 Å². The van der Waals surface area contributed by atoms with Gasteiger partial charge in [0.15, 0.2) is 0 Å². The molecule has 2 N–H and O–H groups in total. The van der Waals surface area contributed by atoms with Gasteiger partial charge in [0.05, 0.1) is 16.5 Å². The van der Waals surface area contributed by atoms with E-state index in [2.05, 4.69) is 6.92 Å². The van der Waals surface area contributed by atoms with Crippen LogP contribution in [0.15, 0.2) is 0 Å². The fourth-order valence-electron chi connectivity index (χ4n) is 2.11. The van der Waals surface area contributed by atoms with E-state index in [1.165, 1.54) is 0 Å². The highest BCUT2D eigenvalue weighted by Crippen LogP contribution is 2.26. The Morgan fingerprint density at radius 1 is 1.56 bits per heavy atom. The van der Waals surface area contributed by atoms with Gasteiger partial charge in [-0.2, -0.15) is 0 Å². The molecule has 2 atom stereocenters. The predicted octanol–water partition coefficient (Wildman–Crippen LogP) is 1.72. The van der Waals surface area contributed by atoms with Crippen molar-refractivity contribution < 1.29 is 9.53 Å². The molecule has 1 saturated heterocycles. The zero-order valence-corrected chi connectivity index (χ0v) is 12.4. The Bertz CT molecular complexity index is 322. The van der Waals surface area contributed by atoms with Gasteiger partial charge < -0.3 is 15.4 Å². The number of hydrogen-bond donors (Lipinski definition) is 1. The molecule has 0 aliphatic carbocycles. The van der Waals surface area contributed by atoms with Crippen molar-refractivity contribution in [3.8, 4) is 0 Å². The minimum atomic E-state index is -0.724. The van der Waals surface area contributed by atoms with Crippen LogP contribution in [0.4, 0.5) is 0 Å². The van der Waals surface area contributed by atoms with Crippen molar-refractivity contribution in [1.82, 2.24) is 4.90 Å². The van der Waals surface area contributed by atoms with Crippen LogP contribution in [-0.4, -0.2) is 41.6 Å². The lowest BCUT2D eigenvalue weighted by molar-refractivity contribution is -0.138. The molecule has 1 rings (SSSR count). The molecule has 0 spiro atoms. The molecule has 0 radical (unpaired) electrons. The van der Waals surface area contributed by atoms with Crippen LogP contribution in [0.3, 0.4) is 0 Å². The van der Waals surface area contributed by atoms with Gasteiger partial charge in [0, 0.05) is 19.7 Å². The molecule has 0 aromatic heterocycles. The second-order valence-electron chi connectivity index (χ2n) is 5.06. The number of nitrogens with two attached hydrogens (primary N) is 1. The summed E-state index contributed by atoms with van der Waals surface area (Å²) in [6.07, 6.45) is 2.55. The smallest absolute Gasteiger partial charge is 0.235 e. The van der Waals surface area contributed by atoms with Crippen LogP contribution < -0.4 is 5.73 Å². The van der Waals surface area contributed by atoms with E-state index in [1.54, 1.807) is 0 Å². The Morgan fingerprint density at radius 2 is 2.22 bits per heavy atom. The molecule has 0 saturated carbocycles. The average molecular weight is 272 g/mol. The Hall–Kier alpha value is -0.680. The third-order valence-electron chi connectivity index (χ3n) is 3.82. The predicted molar refractivity (Wildman–Crippen MR) is 76.4 cm³/mol. The molecule has 1 amide bonds. The topological polar surface area (TPSA) is 55.6 Å². The number of carbonyl (C=O) groups is 1. The second-order valence-corrected chi connectivity index (χ2v) is 5.50.